The molecule has 0 spiro atoms. The Morgan fingerprint density at radius 2 is 2.00 bits per heavy atom. The summed E-state index contributed by atoms with van der Waals surface area (Å²) in [6, 6.07) is 7.54. The average molecular weight is 440 g/mol. The number of Topliss-reactive ketones (excluding diaryl/α,β-unsaturated/α-hetero) is 1. The number of carbonyl (C=O) groups is 3. The van der Waals surface area contributed by atoms with Gasteiger partial charge in [-0.25, -0.2) is 0 Å². The standard InChI is InChI=1S/C24H29N3O3S/c1-5-15(2)22(28)24(30)27-11-10-18-17(14-27)12-25-16(3)20(18)13-26-23(29)19-8-6-7-9-21(19)31-4/h6-9,12,15H,5,10-11,13-14H2,1-4H3,(H,26,29). The molecule has 1 aromatic heterocycles. The van der Waals surface area contributed by atoms with Crippen molar-refractivity contribution in [3.8, 4) is 0 Å². The van der Waals surface area contributed by atoms with E-state index in [9.17, 15) is 14.4 Å². The Balaban J connectivity index is 1.76. The monoisotopic (exact) mass is 439 g/mol. The van der Waals surface area contributed by atoms with Crippen molar-refractivity contribution in [1.82, 2.24) is 15.2 Å². The van der Waals surface area contributed by atoms with Crippen LogP contribution in [0.5, 0.6) is 0 Å². The van der Waals surface area contributed by atoms with Crippen LogP contribution in [0.3, 0.4) is 0 Å². The lowest BCUT2D eigenvalue weighted by atomic mass is 9.94. The molecule has 2 amide bonds. The third-order valence-electron chi connectivity index (χ3n) is 5.93. The molecule has 0 radical (unpaired) electrons. The number of hydrogen-bond acceptors (Lipinski definition) is 5. The van der Waals surface area contributed by atoms with Crippen molar-refractivity contribution in [2.75, 3.05) is 12.8 Å². The number of amides is 2. The molecular weight excluding hydrogens is 410 g/mol. The highest BCUT2D eigenvalue weighted by Crippen LogP contribution is 2.25. The van der Waals surface area contributed by atoms with Gasteiger partial charge in [-0.2, -0.15) is 0 Å². The van der Waals surface area contributed by atoms with Gasteiger partial charge in [0.2, 0.25) is 5.78 Å². The second-order valence-corrected chi connectivity index (χ2v) is 8.71. The summed E-state index contributed by atoms with van der Waals surface area (Å²) in [7, 11) is 0. The molecule has 3 rings (SSSR count). The number of hydrogen-bond donors (Lipinski definition) is 1. The molecule has 1 N–H and O–H groups in total. The van der Waals surface area contributed by atoms with Gasteiger partial charge in [0.1, 0.15) is 0 Å². The van der Waals surface area contributed by atoms with Crippen LogP contribution in [0.1, 0.15) is 53.0 Å². The molecule has 2 heterocycles. The van der Waals surface area contributed by atoms with Crippen molar-refractivity contribution in [3.05, 3.63) is 58.4 Å². The fraction of sp³-hybridized carbons (Fsp3) is 0.417. The van der Waals surface area contributed by atoms with Gasteiger partial charge >= 0.3 is 0 Å². The first-order chi connectivity index (χ1) is 14.9. The van der Waals surface area contributed by atoms with E-state index in [-0.39, 0.29) is 17.6 Å². The Morgan fingerprint density at radius 3 is 2.71 bits per heavy atom. The van der Waals surface area contributed by atoms with Gasteiger partial charge in [-0.3, -0.25) is 19.4 Å². The summed E-state index contributed by atoms with van der Waals surface area (Å²) in [6.07, 6.45) is 5.03. The van der Waals surface area contributed by atoms with E-state index >= 15 is 0 Å². The number of aryl methyl sites for hydroxylation is 1. The van der Waals surface area contributed by atoms with Gasteiger partial charge in [-0.05, 0) is 54.8 Å². The normalized spacial score (nSPS) is 14.0. The highest BCUT2D eigenvalue weighted by molar-refractivity contribution is 7.98. The molecule has 2 aromatic rings. The van der Waals surface area contributed by atoms with Crippen molar-refractivity contribution in [1.29, 1.82) is 0 Å². The first-order valence-electron chi connectivity index (χ1n) is 10.6. The van der Waals surface area contributed by atoms with Gasteiger partial charge in [-0.1, -0.05) is 26.0 Å². The molecule has 1 aliphatic heterocycles. The Kier molecular flexibility index (Phi) is 7.49. The van der Waals surface area contributed by atoms with Crippen LogP contribution >= 0.6 is 11.8 Å². The Hall–Kier alpha value is -2.67. The van der Waals surface area contributed by atoms with Gasteiger partial charge in [0.05, 0.1) is 5.56 Å². The molecular formula is C24H29N3O3S. The topological polar surface area (TPSA) is 79.4 Å². The van der Waals surface area contributed by atoms with Gasteiger partial charge < -0.3 is 10.2 Å². The number of nitrogens with zero attached hydrogens (tertiary/aromatic N) is 2. The van der Waals surface area contributed by atoms with Gasteiger partial charge in [0.25, 0.3) is 11.8 Å². The Morgan fingerprint density at radius 1 is 1.26 bits per heavy atom. The van der Waals surface area contributed by atoms with Gasteiger partial charge in [0.15, 0.2) is 0 Å². The molecule has 1 aliphatic rings. The molecule has 164 valence electrons. The van der Waals surface area contributed by atoms with Crippen LogP contribution in [0, 0.1) is 12.8 Å². The highest BCUT2D eigenvalue weighted by atomic mass is 32.2. The predicted molar refractivity (Wildman–Crippen MR) is 122 cm³/mol. The third-order valence-corrected chi connectivity index (χ3v) is 6.73. The molecule has 1 unspecified atom stereocenters. The molecule has 7 heteroatoms. The number of fused-ring (bicyclic) bond motifs is 1. The predicted octanol–water partition coefficient (Wildman–Crippen LogP) is 3.54. The lowest BCUT2D eigenvalue weighted by Crippen LogP contribution is -2.42. The molecule has 31 heavy (non-hydrogen) atoms. The molecule has 6 nitrogen and oxygen atoms in total. The average Bonchev–Trinajstić information content (AvgIpc) is 2.81. The summed E-state index contributed by atoms with van der Waals surface area (Å²) in [6.45, 7) is 6.88. The second-order valence-electron chi connectivity index (χ2n) is 7.86. The van der Waals surface area contributed by atoms with Crippen LogP contribution in [0.2, 0.25) is 0 Å². The summed E-state index contributed by atoms with van der Waals surface area (Å²) in [5, 5.41) is 3.03. The summed E-state index contributed by atoms with van der Waals surface area (Å²) < 4.78 is 0. The quantitative estimate of drug-likeness (QED) is 0.527. The molecule has 0 saturated carbocycles. The van der Waals surface area contributed by atoms with E-state index in [1.54, 1.807) is 29.8 Å². The van der Waals surface area contributed by atoms with Crippen LogP contribution in [0.15, 0.2) is 35.4 Å². The molecule has 0 saturated heterocycles. The fourth-order valence-corrected chi connectivity index (χ4v) is 4.37. The maximum absolute atomic E-state index is 12.8. The summed E-state index contributed by atoms with van der Waals surface area (Å²) >= 11 is 1.54. The van der Waals surface area contributed by atoms with E-state index in [2.05, 4.69) is 10.3 Å². The zero-order valence-corrected chi connectivity index (χ0v) is 19.3. The number of aromatic nitrogens is 1. The van der Waals surface area contributed by atoms with Crippen molar-refractivity contribution in [3.63, 3.8) is 0 Å². The SMILES string of the molecule is CCC(C)C(=O)C(=O)N1CCc2c(cnc(C)c2CNC(=O)c2ccccc2SC)C1. The minimum Gasteiger partial charge on any atom is -0.348 e. The van der Waals surface area contributed by atoms with E-state index in [0.717, 1.165) is 27.3 Å². The summed E-state index contributed by atoms with van der Waals surface area (Å²) in [4.78, 5) is 44.7. The van der Waals surface area contributed by atoms with Crippen molar-refractivity contribution in [2.24, 2.45) is 5.92 Å². The van der Waals surface area contributed by atoms with E-state index in [4.69, 9.17) is 0 Å². The van der Waals surface area contributed by atoms with Crippen LogP contribution in [0.25, 0.3) is 0 Å². The van der Waals surface area contributed by atoms with Crippen LogP contribution in [0.4, 0.5) is 0 Å². The van der Waals surface area contributed by atoms with E-state index < -0.39 is 5.91 Å². The maximum atomic E-state index is 12.8. The number of carbonyl (C=O) groups excluding carboxylic acids is 3. The Bertz CT molecular complexity index is 1010. The number of ketones is 1. The first kappa shape index (κ1) is 23.0. The summed E-state index contributed by atoms with van der Waals surface area (Å²) in [5.41, 5.74) is 4.58. The number of nitrogens with one attached hydrogen (secondary N) is 1. The smallest absolute Gasteiger partial charge is 0.290 e. The lowest BCUT2D eigenvalue weighted by molar-refractivity contribution is -0.147. The van der Waals surface area contributed by atoms with Crippen molar-refractivity contribution < 1.29 is 14.4 Å². The van der Waals surface area contributed by atoms with Gasteiger partial charge in [-0.15, -0.1) is 11.8 Å². The van der Waals surface area contributed by atoms with E-state index in [0.29, 0.717) is 38.0 Å². The number of benzene rings is 1. The van der Waals surface area contributed by atoms with E-state index in [1.165, 1.54) is 0 Å². The molecule has 1 atom stereocenters. The van der Waals surface area contributed by atoms with Crippen LogP contribution < -0.4 is 5.32 Å². The van der Waals surface area contributed by atoms with Gasteiger partial charge in [0, 0.05) is 42.3 Å². The fourth-order valence-electron chi connectivity index (χ4n) is 3.78. The van der Waals surface area contributed by atoms with Crippen molar-refractivity contribution in [2.45, 2.75) is 51.6 Å². The lowest BCUT2D eigenvalue weighted by Gasteiger charge is -2.30. The Labute approximate surface area is 187 Å². The molecule has 0 aliphatic carbocycles. The highest BCUT2D eigenvalue weighted by Gasteiger charge is 2.29. The molecule has 0 bridgehead atoms. The number of rotatable bonds is 7. The summed E-state index contributed by atoms with van der Waals surface area (Å²) in [5.74, 6) is -1.12. The maximum Gasteiger partial charge on any atom is 0.290 e. The second kappa shape index (κ2) is 10.1. The number of thioether (sulfide) groups is 1. The minimum absolute atomic E-state index is 0.117. The third kappa shape index (κ3) is 4.98. The van der Waals surface area contributed by atoms with E-state index in [1.807, 2.05) is 44.4 Å². The zero-order chi connectivity index (χ0) is 22.5. The zero-order valence-electron chi connectivity index (χ0n) is 18.5. The largest absolute Gasteiger partial charge is 0.348 e. The van der Waals surface area contributed by atoms with Crippen LogP contribution in [-0.4, -0.2) is 40.3 Å². The molecule has 0 fully saturated rings. The van der Waals surface area contributed by atoms with Crippen molar-refractivity contribution >= 4 is 29.4 Å². The molecule has 1 aromatic carbocycles. The number of pyridine rings is 1. The van der Waals surface area contributed by atoms with Crippen LogP contribution in [-0.2, 0) is 29.1 Å². The first-order valence-corrected chi connectivity index (χ1v) is 11.8. The minimum atomic E-state index is -0.413.